The fraction of sp³-hybridized carbons (Fsp3) is 0.500. The number of rotatable bonds is 6. The molecule has 0 saturated carbocycles. The van der Waals surface area contributed by atoms with Crippen LogP contribution in [0.2, 0.25) is 0 Å². The number of furan rings is 1. The molecule has 7 heteroatoms. The molecule has 2 aliphatic rings. The summed E-state index contributed by atoms with van der Waals surface area (Å²) in [5.41, 5.74) is 2.11. The minimum absolute atomic E-state index is 0.0148. The number of fused-ring (bicyclic) bond motifs is 2. The molecule has 2 atom stereocenters. The number of methoxy groups -OCH3 is 1. The molecule has 0 bridgehead atoms. The predicted molar refractivity (Wildman–Crippen MR) is 115 cm³/mol. The number of nitrogens with zero attached hydrogens (tertiary/aromatic N) is 1. The average Bonchev–Trinajstić information content (AvgIpc) is 3.38. The van der Waals surface area contributed by atoms with Gasteiger partial charge in [-0.2, -0.15) is 0 Å². The highest BCUT2D eigenvalue weighted by molar-refractivity contribution is 5.91. The molecule has 0 radical (unpaired) electrons. The Hall–Kier alpha value is -2.80. The van der Waals surface area contributed by atoms with Crippen molar-refractivity contribution in [2.75, 3.05) is 26.8 Å². The van der Waals surface area contributed by atoms with Gasteiger partial charge in [-0.15, -0.1) is 0 Å². The van der Waals surface area contributed by atoms with Crippen LogP contribution in [0.1, 0.15) is 60.8 Å². The number of amides is 2. The van der Waals surface area contributed by atoms with Crippen LogP contribution in [0.4, 0.5) is 0 Å². The molecule has 1 spiro atoms. The number of ether oxygens (including phenoxy) is 2. The number of likely N-dealkylation sites (tertiary alicyclic amines) is 1. The van der Waals surface area contributed by atoms with E-state index in [4.69, 9.17) is 13.9 Å². The molecule has 1 saturated heterocycles. The second-order valence-corrected chi connectivity index (χ2v) is 8.13. The fourth-order valence-electron chi connectivity index (χ4n) is 5.08. The maximum atomic E-state index is 12.9. The van der Waals surface area contributed by atoms with Crippen molar-refractivity contribution < 1.29 is 23.5 Å². The van der Waals surface area contributed by atoms with Gasteiger partial charge in [0.05, 0.1) is 19.3 Å². The Morgan fingerprint density at radius 3 is 2.55 bits per heavy atom. The summed E-state index contributed by atoms with van der Waals surface area (Å²) in [6.45, 7) is 5.59. The number of piperidine rings is 1. The van der Waals surface area contributed by atoms with Crippen LogP contribution in [-0.2, 0) is 14.9 Å². The van der Waals surface area contributed by atoms with Crippen molar-refractivity contribution in [2.24, 2.45) is 0 Å². The third-order valence-electron chi connectivity index (χ3n) is 6.60. The van der Waals surface area contributed by atoms with Crippen LogP contribution in [-0.4, -0.2) is 49.6 Å². The smallest absolute Gasteiger partial charge is 0.289 e. The van der Waals surface area contributed by atoms with E-state index >= 15 is 0 Å². The van der Waals surface area contributed by atoms with Crippen LogP contribution in [0.15, 0.2) is 40.8 Å². The molecule has 1 aromatic carbocycles. The van der Waals surface area contributed by atoms with E-state index in [2.05, 4.69) is 17.4 Å². The Morgan fingerprint density at radius 2 is 1.90 bits per heavy atom. The highest BCUT2D eigenvalue weighted by atomic mass is 16.6. The first-order chi connectivity index (χ1) is 15.0. The maximum absolute atomic E-state index is 12.9. The molecule has 31 heavy (non-hydrogen) atoms. The molecule has 2 aromatic rings. The van der Waals surface area contributed by atoms with Crippen molar-refractivity contribution >= 4 is 11.8 Å². The van der Waals surface area contributed by atoms with Gasteiger partial charge in [0.1, 0.15) is 0 Å². The minimum Gasteiger partial charge on any atom is -0.468 e. The lowest BCUT2D eigenvalue weighted by Crippen LogP contribution is -2.52. The predicted octanol–water partition coefficient (Wildman–Crippen LogP) is 3.45. The van der Waals surface area contributed by atoms with E-state index in [1.165, 1.54) is 12.7 Å². The van der Waals surface area contributed by atoms with Crippen molar-refractivity contribution in [1.29, 1.82) is 0 Å². The largest absolute Gasteiger partial charge is 0.468 e. The van der Waals surface area contributed by atoms with Gasteiger partial charge in [-0.25, -0.2) is 0 Å². The molecular formula is C24H30N2O5. The molecule has 0 unspecified atom stereocenters. The highest BCUT2D eigenvalue weighted by Gasteiger charge is 2.54. The molecule has 4 rings (SSSR count). The third-order valence-corrected chi connectivity index (χ3v) is 6.60. The zero-order chi connectivity index (χ0) is 22.0. The number of hydrogen-bond donors (Lipinski definition) is 1. The molecule has 1 N–H and O–H groups in total. The summed E-state index contributed by atoms with van der Waals surface area (Å²) >= 11 is 0. The van der Waals surface area contributed by atoms with Crippen LogP contribution in [0.5, 0.6) is 5.95 Å². The van der Waals surface area contributed by atoms with Crippen molar-refractivity contribution in [3.05, 3.63) is 53.3 Å². The topological polar surface area (TPSA) is 81.0 Å². The summed E-state index contributed by atoms with van der Waals surface area (Å²) in [6, 6.07) is 11.4. The number of carbonyl (C=O) groups is 2. The molecule has 2 heterocycles. The van der Waals surface area contributed by atoms with Crippen LogP contribution in [0, 0.1) is 0 Å². The maximum Gasteiger partial charge on any atom is 0.289 e. The molecule has 166 valence electrons. The SMILES string of the molecule is CCO[C@H]1[C@H](NC(=O)CC)c2ccccc2C12CCN(C(=O)c1ccc(OC)o1)CC2. The fourth-order valence-corrected chi connectivity index (χ4v) is 5.08. The van der Waals surface area contributed by atoms with Gasteiger partial charge in [0.2, 0.25) is 5.91 Å². The Balaban J connectivity index is 1.60. The first-order valence-electron chi connectivity index (χ1n) is 11.0. The van der Waals surface area contributed by atoms with Gasteiger partial charge in [0.25, 0.3) is 11.9 Å². The monoisotopic (exact) mass is 426 g/mol. The van der Waals surface area contributed by atoms with Gasteiger partial charge in [0.15, 0.2) is 5.76 Å². The zero-order valence-electron chi connectivity index (χ0n) is 18.3. The van der Waals surface area contributed by atoms with Crippen LogP contribution >= 0.6 is 0 Å². The van der Waals surface area contributed by atoms with Gasteiger partial charge in [-0.1, -0.05) is 31.2 Å². The highest BCUT2D eigenvalue weighted by Crippen LogP contribution is 2.52. The number of benzene rings is 1. The second kappa shape index (κ2) is 8.75. The lowest BCUT2D eigenvalue weighted by molar-refractivity contribution is -0.123. The summed E-state index contributed by atoms with van der Waals surface area (Å²) in [5, 5.41) is 3.19. The minimum atomic E-state index is -0.240. The van der Waals surface area contributed by atoms with Crippen molar-refractivity contribution in [3.63, 3.8) is 0 Å². The van der Waals surface area contributed by atoms with Crippen molar-refractivity contribution in [2.45, 2.75) is 50.7 Å². The molecule has 1 aliphatic carbocycles. The molecule has 1 aliphatic heterocycles. The molecular weight excluding hydrogens is 396 g/mol. The van der Waals surface area contributed by atoms with E-state index in [-0.39, 0.29) is 35.1 Å². The molecule has 7 nitrogen and oxygen atoms in total. The molecule has 1 aromatic heterocycles. The van der Waals surface area contributed by atoms with Gasteiger partial charge < -0.3 is 24.1 Å². The van der Waals surface area contributed by atoms with Crippen LogP contribution in [0.3, 0.4) is 0 Å². The summed E-state index contributed by atoms with van der Waals surface area (Å²) in [4.78, 5) is 27.0. The van der Waals surface area contributed by atoms with Crippen molar-refractivity contribution in [3.8, 4) is 5.95 Å². The normalized spacial score (nSPS) is 21.7. The van der Waals surface area contributed by atoms with E-state index in [0.717, 1.165) is 18.4 Å². The van der Waals surface area contributed by atoms with Crippen LogP contribution in [0.25, 0.3) is 0 Å². The standard InChI is InChI=1S/C24H30N2O5/c1-4-19(27)25-21-16-8-6-7-9-17(16)24(22(21)30-5-2)12-14-26(15-13-24)23(28)18-10-11-20(29-3)31-18/h6-11,21-22H,4-5,12-15H2,1-3H3,(H,25,27)/t21-,22+/m1/s1. The average molecular weight is 427 g/mol. The molecule has 1 fully saturated rings. The Kier molecular flexibility index (Phi) is 6.05. The van der Waals surface area contributed by atoms with E-state index < -0.39 is 0 Å². The van der Waals surface area contributed by atoms with E-state index in [0.29, 0.717) is 32.1 Å². The van der Waals surface area contributed by atoms with Gasteiger partial charge in [0, 0.05) is 37.6 Å². The van der Waals surface area contributed by atoms with Gasteiger partial charge in [-0.05, 0) is 37.0 Å². The summed E-state index contributed by atoms with van der Waals surface area (Å²) in [7, 11) is 1.51. The van der Waals surface area contributed by atoms with Crippen molar-refractivity contribution in [1.82, 2.24) is 10.2 Å². The van der Waals surface area contributed by atoms with E-state index in [9.17, 15) is 9.59 Å². The first kappa shape index (κ1) is 21.4. The quantitative estimate of drug-likeness (QED) is 0.765. The Morgan fingerprint density at radius 1 is 1.16 bits per heavy atom. The van der Waals surface area contributed by atoms with E-state index in [1.54, 1.807) is 12.1 Å². The molecule has 2 amide bonds. The number of nitrogens with one attached hydrogen (secondary N) is 1. The number of carbonyl (C=O) groups excluding carboxylic acids is 2. The van der Waals surface area contributed by atoms with Gasteiger partial charge in [-0.3, -0.25) is 9.59 Å². The van der Waals surface area contributed by atoms with E-state index in [1.807, 2.05) is 30.9 Å². The second-order valence-electron chi connectivity index (χ2n) is 8.13. The Labute approximate surface area is 182 Å². The number of hydrogen-bond acceptors (Lipinski definition) is 5. The third kappa shape index (κ3) is 3.71. The zero-order valence-corrected chi connectivity index (χ0v) is 18.3. The van der Waals surface area contributed by atoms with Gasteiger partial charge >= 0.3 is 0 Å². The summed E-state index contributed by atoms with van der Waals surface area (Å²) in [5.74, 6) is 0.496. The summed E-state index contributed by atoms with van der Waals surface area (Å²) in [6.07, 6.45) is 1.79. The lowest BCUT2D eigenvalue weighted by Gasteiger charge is -2.44. The van der Waals surface area contributed by atoms with Crippen LogP contribution < -0.4 is 10.1 Å². The Bertz CT molecular complexity index is 945. The lowest BCUT2D eigenvalue weighted by atomic mass is 9.71. The first-order valence-corrected chi connectivity index (χ1v) is 11.0. The summed E-state index contributed by atoms with van der Waals surface area (Å²) < 4.78 is 16.8.